The standard InChI is InChI=1S/C14H14BrN3O2/c1-18(8-9-2-4-10(15)5-3-9)13-12(16)11(14(19)20)6-7-17-13/h2-7H,8,16H2,1H3,(H,19,20). The lowest BCUT2D eigenvalue weighted by atomic mass is 10.2. The number of hydrogen-bond donors (Lipinski definition) is 2. The number of carboxylic acid groups (broad SMARTS) is 1. The number of carboxylic acids is 1. The molecule has 0 fully saturated rings. The molecule has 0 radical (unpaired) electrons. The largest absolute Gasteiger partial charge is 0.478 e. The van der Waals surface area contributed by atoms with Crippen LogP contribution in [0.4, 0.5) is 11.5 Å². The van der Waals surface area contributed by atoms with Gasteiger partial charge in [0.05, 0.1) is 11.3 Å². The number of nitrogens with two attached hydrogens (primary N) is 1. The van der Waals surface area contributed by atoms with Gasteiger partial charge in [0.15, 0.2) is 5.82 Å². The smallest absolute Gasteiger partial charge is 0.337 e. The predicted molar refractivity (Wildman–Crippen MR) is 81.9 cm³/mol. The van der Waals surface area contributed by atoms with Gasteiger partial charge in [0.25, 0.3) is 0 Å². The fourth-order valence-corrected chi connectivity index (χ4v) is 2.16. The number of nitrogens with zero attached hydrogens (tertiary/aromatic N) is 2. The molecule has 0 spiro atoms. The first kappa shape index (κ1) is 14.3. The quantitative estimate of drug-likeness (QED) is 0.897. The van der Waals surface area contributed by atoms with Crippen LogP contribution in [-0.2, 0) is 6.54 Å². The Morgan fingerprint density at radius 3 is 2.60 bits per heavy atom. The van der Waals surface area contributed by atoms with Crippen molar-refractivity contribution in [1.29, 1.82) is 0 Å². The van der Waals surface area contributed by atoms with Crippen LogP contribution in [0.5, 0.6) is 0 Å². The second kappa shape index (κ2) is 5.92. The molecule has 0 unspecified atom stereocenters. The van der Waals surface area contributed by atoms with Gasteiger partial charge in [-0.2, -0.15) is 0 Å². The number of halogens is 1. The normalized spacial score (nSPS) is 10.3. The third-order valence-electron chi connectivity index (χ3n) is 2.89. The summed E-state index contributed by atoms with van der Waals surface area (Å²) >= 11 is 3.38. The summed E-state index contributed by atoms with van der Waals surface area (Å²) in [6, 6.07) is 9.27. The van der Waals surface area contributed by atoms with E-state index in [0.29, 0.717) is 12.4 Å². The lowest BCUT2D eigenvalue weighted by Gasteiger charge is -2.20. The molecule has 5 nitrogen and oxygen atoms in total. The minimum absolute atomic E-state index is 0.0673. The van der Waals surface area contributed by atoms with Crippen LogP contribution in [0.15, 0.2) is 41.0 Å². The van der Waals surface area contributed by atoms with Crippen molar-refractivity contribution in [1.82, 2.24) is 4.98 Å². The molecule has 1 aromatic heterocycles. The first-order chi connectivity index (χ1) is 9.49. The van der Waals surface area contributed by atoms with E-state index in [1.54, 1.807) is 0 Å². The summed E-state index contributed by atoms with van der Waals surface area (Å²) in [6.45, 7) is 0.591. The van der Waals surface area contributed by atoms with Gasteiger partial charge in [0.2, 0.25) is 0 Å². The average Bonchev–Trinajstić information content (AvgIpc) is 2.41. The van der Waals surface area contributed by atoms with Gasteiger partial charge in [0.1, 0.15) is 0 Å². The Labute approximate surface area is 125 Å². The molecule has 20 heavy (non-hydrogen) atoms. The topological polar surface area (TPSA) is 79.5 Å². The van der Waals surface area contributed by atoms with Crippen molar-refractivity contribution in [3.8, 4) is 0 Å². The zero-order valence-corrected chi connectivity index (χ0v) is 12.5. The summed E-state index contributed by atoms with van der Waals surface area (Å²) in [6.07, 6.45) is 1.45. The Morgan fingerprint density at radius 1 is 1.35 bits per heavy atom. The van der Waals surface area contributed by atoms with Crippen LogP contribution in [0.25, 0.3) is 0 Å². The van der Waals surface area contributed by atoms with E-state index in [9.17, 15) is 4.79 Å². The zero-order chi connectivity index (χ0) is 14.7. The van der Waals surface area contributed by atoms with Crippen molar-refractivity contribution in [2.24, 2.45) is 0 Å². The number of aromatic nitrogens is 1. The monoisotopic (exact) mass is 335 g/mol. The number of aromatic carboxylic acids is 1. The Bertz CT molecular complexity index is 629. The zero-order valence-electron chi connectivity index (χ0n) is 10.9. The maximum absolute atomic E-state index is 11.1. The van der Waals surface area contributed by atoms with E-state index < -0.39 is 5.97 Å². The lowest BCUT2D eigenvalue weighted by molar-refractivity contribution is 0.0698. The van der Waals surface area contributed by atoms with Crippen LogP contribution < -0.4 is 10.6 Å². The summed E-state index contributed by atoms with van der Waals surface area (Å²) in [5.74, 6) is -0.587. The molecule has 0 atom stereocenters. The van der Waals surface area contributed by atoms with Crippen molar-refractivity contribution >= 4 is 33.4 Å². The molecule has 0 saturated heterocycles. The molecular weight excluding hydrogens is 322 g/mol. The third kappa shape index (κ3) is 3.08. The first-order valence-corrected chi connectivity index (χ1v) is 6.71. The SMILES string of the molecule is CN(Cc1ccc(Br)cc1)c1nccc(C(=O)O)c1N. The molecule has 0 saturated carbocycles. The van der Waals surface area contributed by atoms with E-state index >= 15 is 0 Å². The van der Waals surface area contributed by atoms with Crippen molar-refractivity contribution in [2.75, 3.05) is 17.7 Å². The van der Waals surface area contributed by atoms with Crippen LogP contribution in [-0.4, -0.2) is 23.1 Å². The highest BCUT2D eigenvalue weighted by Gasteiger charge is 2.15. The summed E-state index contributed by atoms with van der Waals surface area (Å²) in [7, 11) is 1.83. The Kier molecular flexibility index (Phi) is 4.24. The van der Waals surface area contributed by atoms with Crippen molar-refractivity contribution in [2.45, 2.75) is 6.54 Å². The first-order valence-electron chi connectivity index (χ1n) is 5.92. The molecule has 1 heterocycles. The minimum Gasteiger partial charge on any atom is -0.478 e. The lowest BCUT2D eigenvalue weighted by Crippen LogP contribution is -2.20. The molecule has 3 N–H and O–H groups in total. The Hall–Kier alpha value is -2.08. The molecule has 0 aliphatic heterocycles. The number of hydrogen-bond acceptors (Lipinski definition) is 4. The maximum Gasteiger partial charge on any atom is 0.337 e. The molecule has 1 aromatic carbocycles. The number of nitrogen functional groups attached to an aromatic ring is 1. The summed E-state index contributed by atoms with van der Waals surface area (Å²) in [5.41, 5.74) is 7.20. The maximum atomic E-state index is 11.1. The van der Waals surface area contributed by atoms with Crippen LogP contribution in [0.3, 0.4) is 0 Å². The van der Waals surface area contributed by atoms with Gasteiger partial charge in [-0.15, -0.1) is 0 Å². The van der Waals surface area contributed by atoms with Gasteiger partial charge in [0, 0.05) is 24.3 Å². The van der Waals surface area contributed by atoms with Gasteiger partial charge in [-0.25, -0.2) is 9.78 Å². The fraction of sp³-hybridized carbons (Fsp3) is 0.143. The number of benzene rings is 1. The number of pyridine rings is 1. The molecule has 0 amide bonds. The molecule has 104 valence electrons. The van der Waals surface area contributed by atoms with Gasteiger partial charge in [-0.1, -0.05) is 28.1 Å². The number of anilines is 2. The van der Waals surface area contributed by atoms with Crippen LogP contribution in [0.2, 0.25) is 0 Å². The molecular formula is C14H14BrN3O2. The highest BCUT2D eigenvalue weighted by molar-refractivity contribution is 9.10. The predicted octanol–water partition coefficient (Wildman–Crippen LogP) is 2.76. The van der Waals surface area contributed by atoms with Crippen molar-refractivity contribution in [3.05, 3.63) is 52.1 Å². The molecule has 0 aliphatic carbocycles. The second-order valence-corrected chi connectivity index (χ2v) is 5.30. The van der Waals surface area contributed by atoms with E-state index in [2.05, 4.69) is 20.9 Å². The second-order valence-electron chi connectivity index (χ2n) is 4.38. The van der Waals surface area contributed by atoms with Crippen molar-refractivity contribution in [3.63, 3.8) is 0 Å². The number of carbonyl (C=O) groups is 1. The van der Waals surface area contributed by atoms with Gasteiger partial charge in [-0.05, 0) is 23.8 Å². The third-order valence-corrected chi connectivity index (χ3v) is 3.42. The molecule has 6 heteroatoms. The molecule has 0 bridgehead atoms. The molecule has 2 rings (SSSR count). The minimum atomic E-state index is -1.05. The molecule has 0 aliphatic rings. The van der Waals surface area contributed by atoms with E-state index in [-0.39, 0.29) is 11.3 Å². The number of rotatable bonds is 4. The summed E-state index contributed by atoms with van der Waals surface area (Å²) < 4.78 is 1.01. The van der Waals surface area contributed by atoms with Gasteiger partial charge in [-0.3, -0.25) is 0 Å². The van der Waals surface area contributed by atoms with Gasteiger partial charge >= 0.3 is 5.97 Å². The van der Waals surface area contributed by atoms with Gasteiger partial charge < -0.3 is 15.7 Å². The van der Waals surface area contributed by atoms with E-state index in [1.807, 2.05) is 36.2 Å². The summed E-state index contributed by atoms with van der Waals surface area (Å²) in [4.78, 5) is 17.0. The van der Waals surface area contributed by atoms with E-state index in [4.69, 9.17) is 10.8 Å². The average molecular weight is 336 g/mol. The Balaban J connectivity index is 2.25. The highest BCUT2D eigenvalue weighted by atomic mass is 79.9. The van der Waals surface area contributed by atoms with E-state index in [1.165, 1.54) is 12.3 Å². The highest BCUT2D eigenvalue weighted by Crippen LogP contribution is 2.24. The van der Waals surface area contributed by atoms with Crippen LogP contribution >= 0.6 is 15.9 Å². The fourth-order valence-electron chi connectivity index (χ4n) is 1.89. The van der Waals surface area contributed by atoms with Crippen LogP contribution in [0.1, 0.15) is 15.9 Å². The Morgan fingerprint density at radius 2 is 2.00 bits per heavy atom. The summed E-state index contributed by atoms with van der Waals surface area (Å²) in [5, 5.41) is 9.06. The van der Waals surface area contributed by atoms with E-state index in [0.717, 1.165) is 10.0 Å². The molecule has 2 aromatic rings. The van der Waals surface area contributed by atoms with Crippen molar-refractivity contribution < 1.29 is 9.90 Å². The van der Waals surface area contributed by atoms with Crippen LogP contribution in [0, 0.1) is 0 Å².